The summed E-state index contributed by atoms with van der Waals surface area (Å²) in [5, 5.41) is 0. The van der Waals surface area contributed by atoms with E-state index in [4.69, 9.17) is 4.74 Å². The topological polar surface area (TPSA) is 9.23 Å². The van der Waals surface area contributed by atoms with Crippen LogP contribution in [0.3, 0.4) is 0 Å². The summed E-state index contributed by atoms with van der Waals surface area (Å²) in [6.07, 6.45) is 0.996. The Balaban J connectivity index is 2.06. The molecule has 0 saturated heterocycles. The van der Waals surface area contributed by atoms with Crippen LogP contribution in [-0.2, 0) is 6.42 Å². The summed E-state index contributed by atoms with van der Waals surface area (Å²) in [5.74, 6) is 1.05. The summed E-state index contributed by atoms with van der Waals surface area (Å²) in [6, 6.07) is 8.50. The number of rotatable bonds is 2. The van der Waals surface area contributed by atoms with E-state index in [2.05, 4.69) is 72.1 Å². The molecule has 2 heterocycles. The second-order valence-electron chi connectivity index (χ2n) is 4.09. The van der Waals surface area contributed by atoms with Crippen molar-refractivity contribution < 1.29 is 4.74 Å². The van der Waals surface area contributed by atoms with Gasteiger partial charge in [-0.3, -0.25) is 0 Å². The van der Waals surface area contributed by atoms with E-state index in [1.807, 2.05) is 0 Å². The molecule has 1 aliphatic heterocycles. The van der Waals surface area contributed by atoms with Gasteiger partial charge in [-0.15, -0.1) is 11.3 Å². The predicted molar refractivity (Wildman–Crippen MR) is 86.1 cm³/mol. The van der Waals surface area contributed by atoms with E-state index in [1.54, 1.807) is 11.3 Å². The fourth-order valence-corrected chi connectivity index (χ4v) is 4.82. The Kier molecular flexibility index (Phi) is 3.85. The molecule has 0 bridgehead atoms. The zero-order valence-electron chi connectivity index (χ0n) is 9.25. The Labute approximate surface area is 135 Å². The van der Waals surface area contributed by atoms with Crippen LogP contribution in [-0.4, -0.2) is 6.61 Å². The van der Waals surface area contributed by atoms with Crippen molar-refractivity contribution in [3.8, 4) is 5.75 Å². The molecule has 0 aliphatic carbocycles. The highest BCUT2D eigenvalue weighted by Gasteiger charge is 2.23. The van der Waals surface area contributed by atoms with Crippen molar-refractivity contribution in [1.29, 1.82) is 0 Å². The maximum absolute atomic E-state index is 5.78. The number of alkyl halides is 1. The molecule has 1 aliphatic rings. The Bertz CT molecular complexity index is 594. The number of ether oxygens (including phenoxy) is 1. The summed E-state index contributed by atoms with van der Waals surface area (Å²) >= 11 is 12.6. The van der Waals surface area contributed by atoms with Gasteiger partial charge in [0, 0.05) is 21.3 Å². The Morgan fingerprint density at radius 1 is 1.22 bits per heavy atom. The standard InChI is InChI=1S/C13H9Br3OS/c14-8-5-7-3-4-17-13(7)9(6-8)12(16)10-1-2-11(15)18-10/h1-2,5-6,12H,3-4H2. The predicted octanol–water partition coefficient (Wildman–Crippen LogP) is 5.69. The zero-order valence-corrected chi connectivity index (χ0v) is 14.8. The molecule has 0 radical (unpaired) electrons. The average molecular weight is 453 g/mol. The number of halogens is 3. The van der Waals surface area contributed by atoms with Crippen LogP contribution in [0.25, 0.3) is 0 Å². The van der Waals surface area contributed by atoms with Crippen LogP contribution < -0.4 is 4.74 Å². The number of hydrogen-bond acceptors (Lipinski definition) is 2. The molecule has 2 aromatic rings. The molecule has 1 aromatic heterocycles. The van der Waals surface area contributed by atoms with Crippen molar-refractivity contribution in [2.24, 2.45) is 0 Å². The van der Waals surface area contributed by atoms with Gasteiger partial charge in [0.05, 0.1) is 15.2 Å². The van der Waals surface area contributed by atoms with Crippen LogP contribution in [0.15, 0.2) is 32.5 Å². The van der Waals surface area contributed by atoms with Gasteiger partial charge in [0.2, 0.25) is 0 Å². The minimum atomic E-state index is 0.179. The zero-order chi connectivity index (χ0) is 12.7. The van der Waals surface area contributed by atoms with Crippen molar-refractivity contribution in [3.63, 3.8) is 0 Å². The van der Waals surface area contributed by atoms with Crippen LogP contribution >= 0.6 is 59.1 Å². The van der Waals surface area contributed by atoms with Gasteiger partial charge in [0.25, 0.3) is 0 Å². The third-order valence-corrected chi connectivity index (χ3v) is 6.33. The molecule has 0 amide bonds. The Morgan fingerprint density at radius 2 is 2.06 bits per heavy atom. The van der Waals surface area contributed by atoms with E-state index < -0.39 is 0 Å². The van der Waals surface area contributed by atoms with E-state index in [0.717, 1.165) is 27.0 Å². The molecule has 0 fully saturated rings. The van der Waals surface area contributed by atoms with Gasteiger partial charge >= 0.3 is 0 Å². The lowest BCUT2D eigenvalue weighted by molar-refractivity contribution is 0.354. The molecular formula is C13H9Br3OS. The van der Waals surface area contributed by atoms with E-state index in [1.165, 1.54) is 16.0 Å². The van der Waals surface area contributed by atoms with E-state index in [-0.39, 0.29) is 4.83 Å². The van der Waals surface area contributed by atoms with Gasteiger partial charge in [0.15, 0.2) is 0 Å². The highest BCUT2D eigenvalue weighted by molar-refractivity contribution is 9.11. The monoisotopic (exact) mass is 450 g/mol. The molecule has 18 heavy (non-hydrogen) atoms. The summed E-state index contributed by atoms with van der Waals surface area (Å²) in [5.41, 5.74) is 2.49. The van der Waals surface area contributed by atoms with Crippen molar-refractivity contribution in [1.82, 2.24) is 0 Å². The highest BCUT2D eigenvalue weighted by Crippen LogP contribution is 2.44. The van der Waals surface area contributed by atoms with Crippen LogP contribution in [0, 0.1) is 0 Å². The van der Waals surface area contributed by atoms with Gasteiger partial charge in [-0.05, 0) is 45.8 Å². The molecule has 0 spiro atoms. The lowest BCUT2D eigenvalue weighted by Crippen LogP contribution is -1.95. The van der Waals surface area contributed by atoms with Crippen LogP contribution in [0.1, 0.15) is 20.8 Å². The van der Waals surface area contributed by atoms with E-state index in [9.17, 15) is 0 Å². The molecule has 3 rings (SSSR count). The average Bonchev–Trinajstić information content (AvgIpc) is 2.95. The van der Waals surface area contributed by atoms with Crippen LogP contribution in [0.2, 0.25) is 0 Å². The van der Waals surface area contributed by atoms with Crippen molar-refractivity contribution in [2.45, 2.75) is 11.2 Å². The van der Waals surface area contributed by atoms with Crippen LogP contribution in [0.4, 0.5) is 0 Å². The van der Waals surface area contributed by atoms with Crippen LogP contribution in [0.5, 0.6) is 5.75 Å². The first-order valence-electron chi connectivity index (χ1n) is 5.49. The number of hydrogen-bond donors (Lipinski definition) is 0. The van der Waals surface area contributed by atoms with Gasteiger partial charge < -0.3 is 4.74 Å². The lowest BCUT2D eigenvalue weighted by atomic mass is 10.0. The smallest absolute Gasteiger partial charge is 0.127 e. The molecule has 5 heteroatoms. The molecule has 0 saturated carbocycles. The molecule has 1 aromatic carbocycles. The van der Waals surface area contributed by atoms with E-state index in [0.29, 0.717) is 0 Å². The minimum Gasteiger partial charge on any atom is -0.493 e. The molecule has 1 nitrogen and oxygen atoms in total. The number of benzene rings is 1. The van der Waals surface area contributed by atoms with Gasteiger partial charge in [-0.25, -0.2) is 0 Å². The number of fused-ring (bicyclic) bond motifs is 1. The first-order chi connectivity index (χ1) is 8.65. The summed E-state index contributed by atoms with van der Waals surface area (Å²) < 4.78 is 8.04. The second-order valence-corrected chi connectivity index (χ2v) is 8.41. The molecular weight excluding hydrogens is 444 g/mol. The maximum Gasteiger partial charge on any atom is 0.127 e. The van der Waals surface area contributed by atoms with Gasteiger partial charge in [-0.2, -0.15) is 0 Å². The van der Waals surface area contributed by atoms with Gasteiger partial charge in [0.1, 0.15) is 5.75 Å². The largest absolute Gasteiger partial charge is 0.493 e. The fourth-order valence-electron chi connectivity index (χ4n) is 2.10. The lowest BCUT2D eigenvalue weighted by Gasteiger charge is -2.13. The SMILES string of the molecule is Brc1cc2c(c(C(Br)c3ccc(Br)s3)c1)OCC2. The van der Waals surface area contributed by atoms with E-state index >= 15 is 0 Å². The first kappa shape index (κ1) is 13.2. The van der Waals surface area contributed by atoms with Gasteiger partial charge in [-0.1, -0.05) is 31.9 Å². The quantitative estimate of drug-likeness (QED) is 0.532. The molecule has 0 N–H and O–H groups in total. The fraction of sp³-hybridized carbons (Fsp3) is 0.231. The maximum atomic E-state index is 5.78. The molecule has 1 atom stereocenters. The number of thiophene rings is 1. The Morgan fingerprint density at radius 3 is 2.78 bits per heavy atom. The highest BCUT2D eigenvalue weighted by atomic mass is 79.9. The summed E-state index contributed by atoms with van der Waals surface area (Å²) in [4.78, 5) is 1.45. The first-order valence-corrected chi connectivity index (χ1v) is 8.81. The third-order valence-electron chi connectivity index (χ3n) is 2.89. The van der Waals surface area contributed by atoms with Crippen molar-refractivity contribution in [3.05, 3.63) is 48.5 Å². The summed E-state index contributed by atoms with van der Waals surface area (Å²) in [7, 11) is 0. The minimum absolute atomic E-state index is 0.179. The normalized spacial score (nSPS) is 15.3. The molecule has 94 valence electrons. The van der Waals surface area contributed by atoms with Crippen molar-refractivity contribution in [2.75, 3.05) is 6.61 Å². The summed E-state index contributed by atoms with van der Waals surface area (Å²) in [6.45, 7) is 0.784. The second kappa shape index (κ2) is 5.27. The third kappa shape index (κ3) is 2.42. The van der Waals surface area contributed by atoms with Crippen molar-refractivity contribution >= 4 is 59.1 Å². The molecule has 1 unspecified atom stereocenters. The Hall–Kier alpha value is 0.160.